The molecule has 2 heterocycles. The van der Waals surface area contributed by atoms with Crippen molar-refractivity contribution < 1.29 is 13.2 Å². The van der Waals surface area contributed by atoms with Crippen molar-refractivity contribution in [3.05, 3.63) is 53.6 Å². The van der Waals surface area contributed by atoms with Gasteiger partial charge in [0, 0.05) is 44.3 Å². The topological polar surface area (TPSA) is 86.7 Å². The number of carbonyl (C=O) groups is 1. The van der Waals surface area contributed by atoms with Gasteiger partial charge in [0.2, 0.25) is 10.0 Å². The van der Waals surface area contributed by atoms with Crippen LogP contribution in [0.3, 0.4) is 0 Å². The predicted molar refractivity (Wildman–Crippen MR) is 130 cm³/mol. The highest BCUT2D eigenvalue weighted by atomic mass is 32.2. The van der Waals surface area contributed by atoms with E-state index in [1.54, 1.807) is 23.1 Å². The van der Waals surface area contributed by atoms with Gasteiger partial charge in [0.25, 0.3) is 5.91 Å². The van der Waals surface area contributed by atoms with E-state index in [1.165, 1.54) is 9.87 Å². The second kappa shape index (κ2) is 9.84. The summed E-state index contributed by atoms with van der Waals surface area (Å²) in [5.74, 6) is -0.0689. The Morgan fingerprint density at radius 2 is 1.76 bits per heavy atom. The average molecular weight is 488 g/mol. The number of fused-ring (bicyclic) bond motifs is 1. The van der Waals surface area contributed by atoms with Crippen LogP contribution in [0.15, 0.2) is 47.4 Å². The fourth-order valence-corrected chi connectivity index (χ4v) is 6.26. The lowest BCUT2D eigenvalue weighted by Gasteiger charge is -2.34. The van der Waals surface area contributed by atoms with Gasteiger partial charge in [-0.25, -0.2) is 8.42 Å². The van der Waals surface area contributed by atoms with Crippen LogP contribution in [-0.2, 0) is 16.6 Å². The van der Waals surface area contributed by atoms with Gasteiger partial charge in [0.1, 0.15) is 15.9 Å². The molecule has 0 saturated carbocycles. The van der Waals surface area contributed by atoms with E-state index in [2.05, 4.69) is 34.4 Å². The number of carbonyl (C=O) groups excluding carboxylic acids is 1. The molecule has 2 aromatic carbocycles. The first-order valence-electron chi connectivity index (χ1n) is 11.1. The Hall–Kier alpha value is -2.40. The van der Waals surface area contributed by atoms with E-state index in [1.807, 2.05) is 24.3 Å². The number of benzene rings is 2. The quantitative estimate of drug-likeness (QED) is 0.509. The number of aromatic nitrogens is 2. The van der Waals surface area contributed by atoms with Crippen molar-refractivity contribution in [1.29, 1.82) is 0 Å². The first-order chi connectivity index (χ1) is 15.8. The molecule has 0 radical (unpaired) electrons. The number of sulfonamides is 1. The summed E-state index contributed by atoms with van der Waals surface area (Å²) in [6, 6.07) is 13.2. The van der Waals surface area contributed by atoms with E-state index >= 15 is 0 Å². The van der Waals surface area contributed by atoms with Crippen LogP contribution in [0.1, 0.15) is 36.7 Å². The lowest BCUT2D eigenvalue weighted by molar-refractivity contribution is 0.0698. The lowest BCUT2D eigenvalue weighted by atomic mass is 10.1. The minimum atomic E-state index is -3.70. The van der Waals surface area contributed by atoms with E-state index in [-0.39, 0.29) is 23.9 Å². The molecule has 33 heavy (non-hydrogen) atoms. The molecular formula is C23H29N5O3S2. The highest BCUT2D eigenvalue weighted by Crippen LogP contribution is 2.25. The average Bonchev–Trinajstić information content (AvgIpc) is 3.31. The lowest BCUT2D eigenvalue weighted by Crippen LogP contribution is -2.50. The second-order valence-electron chi connectivity index (χ2n) is 8.44. The molecule has 0 N–H and O–H groups in total. The van der Waals surface area contributed by atoms with E-state index in [9.17, 15) is 13.2 Å². The molecule has 3 aromatic rings. The van der Waals surface area contributed by atoms with Gasteiger partial charge < -0.3 is 4.90 Å². The van der Waals surface area contributed by atoms with Gasteiger partial charge in [-0.05, 0) is 50.2 Å². The zero-order chi connectivity index (χ0) is 23.6. The molecule has 1 fully saturated rings. The van der Waals surface area contributed by atoms with Gasteiger partial charge in [-0.1, -0.05) is 25.1 Å². The van der Waals surface area contributed by atoms with Gasteiger partial charge in [0.15, 0.2) is 0 Å². The highest BCUT2D eigenvalue weighted by molar-refractivity contribution is 7.89. The molecule has 176 valence electrons. The zero-order valence-electron chi connectivity index (χ0n) is 19.1. The number of nitrogens with zero attached hydrogens (tertiary/aromatic N) is 5. The molecular weight excluding hydrogens is 458 g/mol. The van der Waals surface area contributed by atoms with Crippen LogP contribution in [0, 0.1) is 0 Å². The summed E-state index contributed by atoms with van der Waals surface area (Å²) in [7, 11) is -3.70. The summed E-state index contributed by atoms with van der Waals surface area (Å²) in [5.41, 5.74) is 2.78. The Morgan fingerprint density at radius 1 is 1.06 bits per heavy atom. The largest absolute Gasteiger partial charge is 0.336 e. The second-order valence-corrected chi connectivity index (χ2v) is 10.9. The Labute approximate surface area is 199 Å². The Bertz CT molecular complexity index is 1220. The van der Waals surface area contributed by atoms with Gasteiger partial charge in [0.05, 0.1) is 11.7 Å². The molecule has 8 nitrogen and oxygen atoms in total. The van der Waals surface area contributed by atoms with Crippen LogP contribution >= 0.6 is 11.7 Å². The van der Waals surface area contributed by atoms with Gasteiger partial charge in [-0.2, -0.15) is 13.1 Å². The van der Waals surface area contributed by atoms with Gasteiger partial charge in [-0.15, -0.1) is 0 Å². The van der Waals surface area contributed by atoms with Crippen LogP contribution < -0.4 is 0 Å². The van der Waals surface area contributed by atoms with Crippen LogP contribution in [-0.4, -0.2) is 75.9 Å². The first kappa shape index (κ1) is 23.7. The van der Waals surface area contributed by atoms with Crippen molar-refractivity contribution in [1.82, 2.24) is 22.9 Å². The summed E-state index contributed by atoms with van der Waals surface area (Å²) < 4.78 is 36.1. The maximum Gasteiger partial charge on any atom is 0.253 e. The van der Waals surface area contributed by atoms with Crippen molar-refractivity contribution in [3.8, 4) is 0 Å². The molecule has 4 rings (SSSR count). The van der Waals surface area contributed by atoms with Crippen molar-refractivity contribution in [3.63, 3.8) is 0 Å². The van der Waals surface area contributed by atoms with Crippen LogP contribution in [0.25, 0.3) is 11.0 Å². The predicted octanol–water partition coefficient (Wildman–Crippen LogP) is 3.07. The first-order valence-corrected chi connectivity index (χ1v) is 13.3. The maximum absolute atomic E-state index is 13.2. The molecule has 1 aliphatic rings. The van der Waals surface area contributed by atoms with Gasteiger partial charge in [-0.3, -0.25) is 9.69 Å². The molecule has 0 spiro atoms. The minimum absolute atomic E-state index is 0.0689. The van der Waals surface area contributed by atoms with Crippen molar-refractivity contribution in [2.45, 2.75) is 38.3 Å². The van der Waals surface area contributed by atoms with E-state index in [0.717, 1.165) is 24.8 Å². The summed E-state index contributed by atoms with van der Waals surface area (Å²) in [5, 5.41) is 0. The van der Waals surface area contributed by atoms with Crippen LogP contribution in [0.2, 0.25) is 0 Å². The monoisotopic (exact) mass is 487 g/mol. The Kier molecular flexibility index (Phi) is 7.08. The van der Waals surface area contributed by atoms with E-state index < -0.39 is 10.0 Å². The molecule has 0 bridgehead atoms. The third-order valence-electron chi connectivity index (χ3n) is 6.12. The van der Waals surface area contributed by atoms with Crippen molar-refractivity contribution in [2.24, 2.45) is 0 Å². The normalized spacial score (nSPS) is 15.6. The number of hydrogen-bond donors (Lipinski definition) is 0. The van der Waals surface area contributed by atoms with Gasteiger partial charge >= 0.3 is 0 Å². The highest BCUT2D eigenvalue weighted by Gasteiger charge is 2.32. The number of piperazine rings is 1. The summed E-state index contributed by atoms with van der Waals surface area (Å²) >= 11 is 1.000. The fourth-order valence-electron chi connectivity index (χ4n) is 4.09. The number of rotatable bonds is 7. The van der Waals surface area contributed by atoms with Crippen molar-refractivity contribution in [2.75, 3.05) is 32.7 Å². The summed E-state index contributed by atoms with van der Waals surface area (Å²) in [6.45, 7) is 9.51. The standard InChI is InChI=1S/C23H29N5O3S2/c1-4-26(17(2)3)16-18-8-10-19(11-9-18)23(29)27-12-14-28(15-13-27)33(30,31)21-7-5-6-20-22(21)25-32-24-20/h5-11,17H,4,12-16H2,1-3H3. The summed E-state index contributed by atoms with van der Waals surface area (Å²) in [6.07, 6.45) is 0. The third-order valence-corrected chi connectivity index (χ3v) is 8.59. The maximum atomic E-state index is 13.2. The van der Waals surface area contributed by atoms with Crippen molar-refractivity contribution >= 4 is 38.7 Å². The van der Waals surface area contributed by atoms with Crippen LogP contribution in [0.4, 0.5) is 0 Å². The molecule has 1 aliphatic heterocycles. The molecule has 1 aromatic heterocycles. The molecule has 0 unspecified atom stereocenters. The smallest absolute Gasteiger partial charge is 0.253 e. The fraction of sp³-hybridized carbons (Fsp3) is 0.435. The number of amides is 1. The number of hydrogen-bond acceptors (Lipinski definition) is 7. The molecule has 1 amide bonds. The molecule has 1 saturated heterocycles. The van der Waals surface area contributed by atoms with E-state index in [0.29, 0.717) is 35.7 Å². The molecule has 10 heteroatoms. The SMILES string of the molecule is CCN(Cc1ccc(C(=O)N2CCN(S(=O)(=O)c3cccc4nsnc34)CC2)cc1)C(C)C. The minimum Gasteiger partial charge on any atom is -0.336 e. The van der Waals surface area contributed by atoms with E-state index in [4.69, 9.17) is 0 Å². The zero-order valence-corrected chi connectivity index (χ0v) is 20.8. The third kappa shape index (κ3) is 4.93. The Morgan fingerprint density at radius 3 is 2.39 bits per heavy atom. The molecule has 0 aliphatic carbocycles. The van der Waals surface area contributed by atoms with Crippen LogP contribution in [0.5, 0.6) is 0 Å². The summed E-state index contributed by atoms with van der Waals surface area (Å²) in [4.78, 5) is 17.2. The molecule has 0 atom stereocenters. The Balaban J connectivity index is 1.40.